The fraction of sp³-hybridized carbons (Fsp3) is 0.400. The summed E-state index contributed by atoms with van der Waals surface area (Å²) in [5.74, 6) is 0.0167. The van der Waals surface area contributed by atoms with Crippen molar-refractivity contribution >= 4 is 11.4 Å². The number of hydrogen-bond donors (Lipinski definition) is 2. The molecule has 2 nitrogen and oxygen atoms in total. The highest BCUT2D eigenvalue weighted by Gasteiger charge is 2.08. The third-order valence-corrected chi connectivity index (χ3v) is 3.75. The van der Waals surface area contributed by atoms with Crippen molar-refractivity contribution in [1.29, 1.82) is 0 Å². The zero-order valence-corrected chi connectivity index (χ0v) is 15.2. The highest BCUT2D eigenvalue weighted by Crippen LogP contribution is 2.26. The van der Waals surface area contributed by atoms with Crippen LogP contribution < -0.4 is 10.6 Å². The van der Waals surface area contributed by atoms with Gasteiger partial charge in [-0.05, 0) is 42.5 Å². The smallest absolute Gasteiger partial charge is 0.146 e. The van der Waals surface area contributed by atoms with E-state index in [-0.39, 0.29) is 11.6 Å². The summed E-state index contributed by atoms with van der Waals surface area (Å²) in [6, 6.07) is 10.3. The fourth-order valence-electron chi connectivity index (χ4n) is 2.52. The van der Waals surface area contributed by atoms with Gasteiger partial charge >= 0.3 is 0 Å². The van der Waals surface area contributed by atoms with E-state index in [1.165, 1.54) is 12.1 Å². The molecule has 24 heavy (non-hydrogen) atoms. The summed E-state index contributed by atoms with van der Waals surface area (Å²) in [6.07, 6.45) is 0.861. The van der Waals surface area contributed by atoms with Crippen molar-refractivity contribution in [2.75, 3.05) is 24.2 Å². The quantitative estimate of drug-likeness (QED) is 0.721. The SMILES string of the molecule is CCNc1c(F)cccc1CC.CNc1c(F)cccc1C(C)C. The lowest BCUT2D eigenvalue weighted by molar-refractivity contribution is 0.627. The Balaban J connectivity index is 0.000000240. The zero-order chi connectivity index (χ0) is 18.1. The van der Waals surface area contributed by atoms with Crippen molar-refractivity contribution in [3.63, 3.8) is 0 Å². The predicted molar refractivity (Wildman–Crippen MR) is 100.0 cm³/mol. The van der Waals surface area contributed by atoms with Gasteiger partial charge in [0.2, 0.25) is 0 Å². The molecule has 0 heterocycles. The van der Waals surface area contributed by atoms with Crippen LogP contribution in [0, 0.1) is 11.6 Å². The lowest BCUT2D eigenvalue weighted by atomic mass is 10.0. The Hall–Kier alpha value is -2.10. The van der Waals surface area contributed by atoms with Gasteiger partial charge in [0.05, 0.1) is 11.4 Å². The Kier molecular flexibility index (Phi) is 8.24. The van der Waals surface area contributed by atoms with Crippen molar-refractivity contribution in [2.45, 2.75) is 40.0 Å². The van der Waals surface area contributed by atoms with Gasteiger partial charge in [0.25, 0.3) is 0 Å². The minimum absolute atomic E-state index is 0.156. The third-order valence-electron chi connectivity index (χ3n) is 3.75. The van der Waals surface area contributed by atoms with Crippen LogP contribution in [0.25, 0.3) is 0 Å². The van der Waals surface area contributed by atoms with E-state index >= 15 is 0 Å². The second-order valence-corrected chi connectivity index (χ2v) is 5.77. The summed E-state index contributed by atoms with van der Waals surface area (Å²) in [5, 5.41) is 5.89. The Bertz CT molecular complexity index is 640. The Labute approximate surface area is 144 Å². The van der Waals surface area contributed by atoms with Gasteiger partial charge in [0.15, 0.2) is 0 Å². The van der Waals surface area contributed by atoms with E-state index in [1.54, 1.807) is 19.2 Å². The van der Waals surface area contributed by atoms with E-state index in [1.807, 2.05) is 26.0 Å². The molecule has 2 aromatic carbocycles. The molecule has 0 saturated heterocycles. The molecule has 0 unspecified atom stereocenters. The Morgan fingerprint density at radius 1 is 0.917 bits per heavy atom. The summed E-state index contributed by atoms with van der Waals surface area (Å²) in [7, 11) is 1.74. The normalized spacial score (nSPS) is 10.2. The van der Waals surface area contributed by atoms with Gasteiger partial charge < -0.3 is 10.6 Å². The van der Waals surface area contributed by atoms with Gasteiger partial charge in [-0.15, -0.1) is 0 Å². The van der Waals surface area contributed by atoms with Gasteiger partial charge in [-0.25, -0.2) is 8.78 Å². The van der Waals surface area contributed by atoms with Crippen LogP contribution in [0.4, 0.5) is 20.2 Å². The second-order valence-electron chi connectivity index (χ2n) is 5.77. The van der Waals surface area contributed by atoms with Crippen LogP contribution in [0.3, 0.4) is 0 Å². The van der Waals surface area contributed by atoms with Crippen LogP contribution in [-0.2, 0) is 6.42 Å². The highest BCUT2D eigenvalue weighted by molar-refractivity contribution is 5.53. The number of hydrogen-bond acceptors (Lipinski definition) is 2. The van der Waals surface area contributed by atoms with Crippen LogP contribution in [0.5, 0.6) is 0 Å². The molecule has 0 fully saturated rings. The lowest BCUT2D eigenvalue weighted by Crippen LogP contribution is -2.02. The lowest BCUT2D eigenvalue weighted by Gasteiger charge is -2.12. The average Bonchev–Trinajstić information content (AvgIpc) is 2.57. The molecule has 4 heteroatoms. The standard InChI is InChI=1S/2C10H14FN/c1-7(2)8-5-4-6-9(11)10(8)12-3;1-3-8-6-5-7-9(11)10(8)12-4-2/h4-7,12H,1-3H3;5-7,12H,3-4H2,1-2H3. The molecule has 2 rings (SSSR count). The zero-order valence-electron chi connectivity index (χ0n) is 15.2. The van der Waals surface area contributed by atoms with Crippen molar-refractivity contribution in [3.05, 3.63) is 59.2 Å². The molecule has 0 saturated carbocycles. The minimum Gasteiger partial charge on any atom is -0.386 e. The molecule has 0 atom stereocenters. The molecule has 0 spiro atoms. The van der Waals surface area contributed by atoms with Crippen molar-refractivity contribution < 1.29 is 8.78 Å². The summed E-state index contributed by atoms with van der Waals surface area (Å²) in [4.78, 5) is 0. The predicted octanol–water partition coefficient (Wildman–Crippen LogP) is 5.81. The Morgan fingerprint density at radius 2 is 1.50 bits per heavy atom. The highest BCUT2D eigenvalue weighted by atomic mass is 19.1. The fourth-order valence-corrected chi connectivity index (χ4v) is 2.52. The number of benzene rings is 2. The van der Waals surface area contributed by atoms with Gasteiger partial charge in [0, 0.05) is 13.6 Å². The topological polar surface area (TPSA) is 24.1 Å². The summed E-state index contributed by atoms with van der Waals surface area (Å²) >= 11 is 0. The van der Waals surface area contributed by atoms with Crippen LogP contribution in [0.15, 0.2) is 36.4 Å². The van der Waals surface area contributed by atoms with E-state index in [0.717, 1.165) is 24.1 Å². The molecule has 0 radical (unpaired) electrons. The molecule has 2 N–H and O–H groups in total. The van der Waals surface area contributed by atoms with E-state index in [2.05, 4.69) is 24.5 Å². The maximum atomic E-state index is 13.2. The van der Waals surface area contributed by atoms with Crippen LogP contribution in [0.2, 0.25) is 0 Å². The summed E-state index contributed by atoms with van der Waals surface area (Å²) < 4.78 is 26.3. The van der Waals surface area contributed by atoms with Crippen molar-refractivity contribution in [3.8, 4) is 0 Å². The van der Waals surface area contributed by atoms with Gasteiger partial charge in [-0.1, -0.05) is 45.0 Å². The molecule has 132 valence electrons. The maximum absolute atomic E-state index is 13.2. The molecule has 0 aliphatic heterocycles. The largest absolute Gasteiger partial charge is 0.386 e. The van der Waals surface area contributed by atoms with E-state index in [9.17, 15) is 8.78 Å². The van der Waals surface area contributed by atoms with E-state index in [4.69, 9.17) is 0 Å². The van der Waals surface area contributed by atoms with Gasteiger partial charge in [-0.3, -0.25) is 0 Å². The molecule has 0 amide bonds. The van der Waals surface area contributed by atoms with Crippen LogP contribution in [-0.4, -0.2) is 13.6 Å². The monoisotopic (exact) mass is 334 g/mol. The molecule has 0 aromatic heterocycles. The number of halogens is 2. The molecular weight excluding hydrogens is 306 g/mol. The number of anilines is 2. The van der Waals surface area contributed by atoms with E-state index in [0.29, 0.717) is 17.3 Å². The summed E-state index contributed by atoms with van der Waals surface area (Å²) in [5.41, 5.74) is 3.34. The van der Waals surface area contributed by atoms with Crippen LogP contribution in [0.1, 0.15) is 44.7 Å². The first-order chi connectivity index (χ1) is 11.5. The number of rotatable bonds is 5. The first-order valence-corrected chi connectivity index (χ1v) is 8.43. The minimum atomic E-state index is -0.177. The molecular formula is C20H28F2N2. The number of nitrogens with one attached hydrogen (secondary N) is 2. The molecule has 0 bridgehead atoms. The van der Waals surface area contributed by atoms with Crippen molar-refractivity contribution in [1.82, 2.24) is 0 Å². The first kappa shape index (κ1) is 19.9. The van der Waals surface area contributed by atoms with Crippen LogP contribution >= 0.6 is 0 Å². The molecule has 0 aliphatic rings. The Morgan fingerprint density at radius 3 is 1.96 bits per heavy atom. The third kappa shape index (κ3) is 5.22. The van der Waals surface area contributed by atoms with E-state index < -0.39 is 0 Å². The molecule has 2 aromatic rings. The van der Waals surface area contributed by atoms with Gasteiger partial charge in [-0.2, -0.15) is 0 Å². The summed E-state index contributed by atoms with van der Waals surface area (Å²) in [6.45, 7) is 8.85. The number of para-hydroxylation sites is 2. The average molecular weight is 334 g/mol. The first-order valence-electron chi connectivity index (χ1n) is 8.43. The second kappa shape index (κ2) is 9.91. The van der Waals surface area contributed by atoms with Crippen molar-refractivity contribution in [2.24, 2.45) is 0 Å². The molecule has 0 aliphatic carbocycles. The number of aryl methyl sites for hydroxylation is 1. The van der Waals surface area contributed by atoms with Gasteiger partial charge in [0.1, 0.15) is 11.6 Å². The maximum Gasteiger partial charge on any atom is 0.146 e.